The van der Waals surface area contributed by atoms with E-state index in [0.717, 1.165) is 18.2 Å². The Kier molecular flexibility index (Phi) is 4.03. The first-order valence-corrected chi connectivity index (χ1v) is 6.05. The number of nitro benzene ring substituents is 1. The predicted molar refractivity (Wildman–Crippen MR) is 68.9 cm³/mol. The Hall–Kier alpha value is -2.68. The quantitative estimate of drug-likeness (QED) is 0.425. The van der Waals surface area contributed by atoms with Crippen molar-refractivity contribution in [2.75, 3.05) is 5.32 Å². The number of benzene rings is 1. The monoisotopic (exact) mass is 296 g/mol. The molecule has 112 valence electrons. The maximum Gasteiger partial charge on any atom is 0.332 e. The van der Waals surface area contributed by atoms with Crippen molar-refractivity contribution in [1.82, 2.24) is 0 Å². The van der Waals surface area contributed by atoms with Crippen molar-refractivity contribution < 1.29 is 29.5 Å². The summed E-state index contributed by atoms with van der Waals surface area (Å²) in [5.74, 6) is -2.14. The van der Waals surface area contributed by atoms with Gasteiger partial charge in [-0.1, -0.05) is 0 Å². The van der Waals surface area contributed by atoms with E-state index < -0.39 is 29.0 Å². The summed E-state index contributed by atoms with van der Waals surface area (Å²) in [4.78, 5) is 32.6. The fourth-order valence-electron chi connectivity index (χ4n) is 1.96. The number of hydrogen-bond donors (Lipinski definition) is 3. The topological polar surface area (TPSA) is 139 Å². The second kappa shape index (κ2) is 5.75. The van der Waals surface area contributed by atoms with Gasteiger partial charge in [0.1, 0.15) is 11.9 Å². The molecule has 1 fully saturated rings. The van der Waals surface area contributed by atoms with Crippen LogP contribution in [0, 0.1) is 10.1 Å². The zero-order chi connectivity index (χ0) is 15.6. The SMILES string of the molecule is O=C(O)C1CCC(C(=O)Nc2cc([N+](=O)[O-])ccc2O)O1. The van der Waals surface area contributed by atoms with Crippen molar-refractivity contribution in [3.8, 4) is 5.75 Å². The van der Waals surface area contributed by atoms with Gasteiger partial charge in [-0.2, -0.15) is 0 Å². The molecule has 1 amide bonds. The number of amides is 1. The summed E-state index contributed by atoms with van der Waals surface area (Å²) in [6.07, 6.45) is -1.59. The molecule has 0 bridgehead atoms. The largest absolute Gasteiger partial charge is 0.506 e. The van der Waals surface area contributed by atoms with E-state index in [1.807, 2.05) is 0 Å². The normalized spacial score (nSPS) is 21.0. The van der Waals surface area contributed by atoms with Gasteiger partial charge in [0, 0.05) is 12.1 Å². The lowest BCUT2D eigenvalue weighted by atomic mass is 10.2. The van der Waals surface area contributed by atoms with Crippen LogP contribution in [0.5, 0.6) is 5.75 Å². The van der Waals surface area contributed by atoms with Gasteiger partial charge < -0.3 is 20.3 Å². The Bertz CT molecular complexity index is 601. The molecule has 1 heterocycles. The Morgan fingerprint density at radius 1 is 1.33 bits per heavy atom. The summed E-state index contributed by atoms with van der Waals surface area (Å²) >= 11 is 0. The van der Waals surface area contributed by atoms with Gasteiger partial charge >= 0.3 is 5.97 Å². The molecule has 1 aliphatic heterocycles. The van der Waals surface area contributed by atoms with Crippen LogP contribution in [0.3, 0.4) is 0 Å². The van der Waals surface area contributed by atoms with Gasteiger partial charge in [0.25, 0.3) is 11.6 Å². The summed E-state index contributed by atoms with van der Waals surface area (Å²) in [6, 6.07) is 3.19. The lowest BCUT2D eigenvalue weighted by molar-refractivity contribution is -0.384. The number of nitro groups is 1. The van der Waals surface area contributed by atoms with E-state index in [0.29, 0.717) is 0 Å². The Morgan fingerprint density at radius 3 is 2.57 bits per heavy atom. The molecule has 0 aromatic heterocycles. The molecule has 1 saturated heterocycles. The van der Waals surface area contributed by atoms with Crippen LogP contribution in [-0.2, 0) is 14.3 Å². The molecule has 21 heavy (non-hydrogen) atoms. The van der Waals surface area contributed by atoms with E-state index in [-0.39, 0.29) is 30.0 Å². The van der Waals surface area contributed by atoms with Gasteiger partial charge in [-0.25, -0.2) is 4.79 Å². The molecule has 2 atom stereocenters. The maximum absolute atomic E-state index is 11.9. The molecule has 1 aromatic carbocycles. The van der Waals surface area contributed by atoms with Crippen molar-refractivity contribution in [3.63, 3.8) is 0 Å². The number of carbonyl (C=O) groups is 2. The summed E-state index contributed by atoms with van der Waals surface area (Å²) in [6.45, 7) is 0. The lowest BCUT2D eigenvalue weighted by Gasteiger charge is -2.12. The Morgan fingerprint density at radius 2 is 2.00 bits per heavy atom. The molecule has 0 saturated carbocycles. The standard InChI is InChI=1S/C12H12N2O7/c15-8-2-1-6(14(19)20)5-7(8)13-11(16)9-3-4-10(21-9)12(17)18/h1-2,5,9-10,15H,3-4H2,(H,13,16)(H,17,18). The Balaban J connectivity index is 2.08. The number of rotatable bonds is 4. The Labute approximate surface area is 118 Å². The number of phenolic OH excluding ortho intramolecular Hbond substituents is 1. The maximum atomic E-state index is 11.9. The van der Waals surface area contributed by atoms with Crippen LogP contribution in [0.15, 0.2) is 18.2 Å². The number of carbonyl (C=O) groups excluding carboxylic acids is 1. The van der Waals surface area contributed by atoms with Gasteiger partial charge in [-0.3, -0.25) is 14.9 Å². The zero-order valence-electron chi connectivity index (χ0n) is 10.7. The molecule has 0 spiro atoms. The number of anilines is 1. The smallest absolute Gasteiger partial charge is 0.332 e. The van der Waals surface area contributed by atoms with E-state index in [1.54, 1.807) is 0 Å². The molecule has 2 unspecified atom stereocenters. The molecular weight excluding hydrogens is 284 g/mol. The van der Waals surface area contributed by atoms with Gasteiger partial charge in [0.05, 0.1) is 10.6 Å². The van der Waals surface area contributed by atoms with Gasteiger partial charge in [-0.05, 0) is 18.9 Å². The number of phenols is 1. The van der Waals surface area contributed by atoms with E-state index in [4.69, 9.17) is 9.84 Å². The number of carboxylic acid groups (broad SMARTS) is 1. The fraction of sp³-hybridized carbons (Fsp3) is 0.333. The summed E-state index contributed by atoms with van der Waals surface area (Å²) in [7, 11) is 0. The van der Waals surface area contributed by atoms with E-state index in [9.17, 15) is 24.8 Å². The van der Waals surface area contributed by atoms with Crippen LogP contribution in [0.2, 0.25) is 0 Å². The first kappa shape index (κ1) is 14.7. The molecule has 9 heteroatoms. The third-order valence-corrected chi connectivity index (χ3v) is 3.04. The summed E-state index contributed by atoms with van der Waals surface area (Å²) in [5, 5.41) is 31.3. The van der Waals surface area contributed by atoms with Crippen LogP contribution in [0.25, 0.3) is 0 Å². The van der Waals surface area contributed by atoms with Crippen molar-refractivity contribution in [3.05, 3.63) is 28.3 Å². The summed E-state index contributed by atoms with van der Waals surface area (Å²) < 4.78 is 5.05. The van der Waals surface area contributed by atoms with Gasteiger partial charge in [-0.15, -0.1) is 0 Å². The number of aliphatic carboxylic acids is 1. The number of nitrogens with one attached hydrogen (secondary N) is 1. The number of nitrogens with zero attached hydrogens (tertiary/aromatic N) is 1. The van der Waals surface area contributed by atoms with Crippen LogP contribution in [0.4, 0.5) is 11.4 Å². The van der Waals surface area contributed by atoms with Crippen LogP contribution in [0.1, 0.15) is 12.8 Å². The number of carboxylic acids is 1. The van der Waals surface area contributed by atoms with Crippen LogP contribution >= 0.6 is 0 Å². The molecular formula is C12H12N2O7. The van der Waals surface area contributed by atoms with E-state index in [2.05, 4.69) is 5.32 Å². The minimum absolute atomic E-state index is 0.128. The second-order valence-corrected chi connectivity index (χ2v) is 4.48. The molecule has 0 aliphatic carbocycles. The number of hydrogen-bond acceptors (Lipinski definition) is 6. The molecule has 1 aromatic rings. The number of ether oxygens (including phenoxy) is 1. The average Bonchev–Trinajstić information content (AvgIpc) is 2.90. The van der Waals surface area contributed by atoms with Crippen LogP contribution in [-0.4, -0.2) is 39.2 Å². The first-order chi connectivity index (χ1) is 9.88. The summed E-state index contributed by atoms with van der Waals surface area (Å²) in [5.41, 5.74) is -0.421. The van der Waals surface area contributed by atoms with E-state index >= 15 is 0 Å². The second-order valence-electron chi connectivity index (χ2n) is 4.48. The highest BCUT2D eigenvalue weighted by molar-refractivity contribution is 5.96. The fourth-order valence-corrected chi connectivity index (χ4v) is 1.96. The highest BCUT2D eigenvalue weighted by Crippen LogP contribution is 2.29. The molecule has 0 radical (unpaired) electrons. The average molecular weight is 296 g/mol. The van der Waals surface area contributed by atoms with Crippen LogP contribution < -0.4 is 5.32 Å². The number of aromatic hydroxyl groups is 1. The third kappa shape index (κ3) is 3.26. The minimum atomic E-state index is -1.15. The molecule has 2 rings (SSSR count). The first-order valence-electron chi connectivity index (χ1n) is 6.05. The predicted octanol–water partition coefficient (Wildman–Crippen LogP) is 0.871. The van der Waals surface area contributed by atoms with Crippen molar-refractivity contribution in [2.45, 2.75) is 25.0 Å². The van der Waals surface area contributed by atoms with Crippen molar-refractivity contribution in [1.29, 1.82) is 0 Å². The molecule has 1 aliphatic rings. The molecule has 3 N–H and O–H groups in total. The van der Waals surface area contributed by atoms with Gasteiger partial charge in [0.2, 0.25) is 0 Å². The highest BCUT2D eigenvalue weighted by Gasteiger charge is 2.35. The zero-order valence-corrected chi connectivity index (χ0v) is 10.7. The van der Waals surface area contributed by atoms with E-state index in [1.165, 1.54) is 0 Å². The molecule has 9 nitrogen and oxygen atoms in total. The van der Waals surface area contributed by atoms with Crippen molar-refractivity contribution in [2.24, 2.45) is 0 Å². The minimum Gasteiger partial charge on any atom is -0.506 e. The van der Waals surface area contributed by atoms with Crippen molar-refractivity contribution >= 4 is 23.3 Å². The number of non-ortho nitro benzene ring substituents is 1. The lowest BCUT2D eigenvalue weighted by Crippen LogP contribution is -2.29. The highest BCUT2D eigenvalue weighted by atomic mass is 16.6. The van der Waals surface area contributed by atoms with Gasteiger partial charge in [0.15, 0.2) is 6.10 Å². The third-order valence-electron chi connectivity index (χ3n) is 3.04.